The molecule has 1 amide bonds. The van der Waals surface area contributed by atoms with Crippen molar-refractivity contribution in [2.45, 2.75) is 32.6 Å². The number of thiophene rings is 1. The number of hydrogen-bond acceptors (Lipinski definition) is 5. The van der Waals surface area contributed by atoms with E-state index < -0.39 is 0 Å². The molecule has 0 saturated carbocycles. The molecule has 19 heavy (non-hydrogen) atoms. The highest BCUT2D eigenvalue weighted by Crippen LogP contribution is 2.21. The van der Waals surface area contributed by atoms with E-state index in [9.17, 15) is 4.79 Å². The summed E-state index contributed by atoms with van der Waals surface area (Å²) in [4.78, 5) is 16.7. The molecule has 0 aromatic carbocycles. The summed E-state index contributed by atoms with van der Waals surface area (Å²) < 4.78 is 5.17. The lowest BCUT2D eigenvalue weighted by Gasteiger charge is -2.01. The Kier molecular flexibility index (Phi) is 5.09. The van der Waals surface area contributed by atoms with Gasteiger partial charge in [-0.1, -0.05) is 18.1 Å². The smallest absolute Gasteiger partial charge is 0.226 e. The molecule has 5 nitrogen and oxygen atoms in total. The monoisotopic (exact) mass is 279 g/mol. The maximum atomic E-state index is 11.4. The van der Waals surface area contributed by atoms with E-state index in [1.807, 2.05) is 24.4 Å². The molecule has 1 N–H and O–H groups in total. The molecule has 0 atom stereocenters. The van der Waals surface area contributed by atoms with Crippen molar-refractivity contribution in [3.8, 4) is 10.7 Å². The van der Waals surface area contributed by atoms with Crippen LogP contribution in [0, 0.1) is 0 Å². The zero-order valence-corrected chi connectivity index (χ0v) is 11.7. The zero-order valence-electron chi connectivity index (χ0n) is 10.9. The Balaban J connectivity index is 1.76. The molecule has 2 heterocycles. The average molecular weight is 279 g/mol. The van der Waals surface area contributed by atoms with Crippen LogP contribution in [0.5, 0.6) is 0 Å². The molecule has 2 rings (SSSR count). The van der Waals surface area contributed by atoms with Gasteiger partial charge < -0.3 is 9.84 Å². The summed E-state index contributed by atoms with van der Waals surface area (Å²) in [6.45, 7) is 2.77. The Labute approximate surface area is 116 Å². The number of aryl methyl sites for hydroxylation is 1. The quantitative estimate of drug-likeness (QED) is 0.846. The second-order valence-corrected chi connectivity index (χ2v) is 5.14. The van der Waals surface area contributed by atoms with Gasteiger partial charge in [-0.25, -0.2) is 0 Å². The minimum atomic E-state index is 0.0832. The Morgan fingerprint density at radius 1 is 1.53 bits per heavy atom. The van der Waals surface area contributed by atoms with Crippen molar-refractivity contribution in [3.05, 3.63) is 23.4 Å². The fourth-order valence-corrected chi connectivity index (χ4v) is 2.26. The van der Waals surface area contributed by atoms with E-state index in [0.29, 0.717) is 24.6 Å². The molecule has 0 aliphatic rings. The summed E-state index contributed by atoms with van der Waals surface area (Å²) in [5, 5.41) is 8.75. The average Bonchev–Trinajstić information content (AvgIpc) is 3.06. The van der Waals surface area contributed by atoms with Crippen LogP contribution >= 0.6 is 11.3 Å². The predicted molar refractivity (Wildman–Crippen MR) is 73.8 cm³/mol. The van der Waals surface area contributed by atoms with Crippen LogP contribution in [0.25, 0.3) is 10.7 Å². The van der Waals surface area contributed by atoms with Crippen LogP contribution in [0.4, 0.5) is 0 Å². The van der Waals surface area contributed by atoms with Crippen molar-refractivity contribution < 1.29 is 9.32 Å². The Bertz CT molecular complexity index is 508. The van der Waals surface area contributed by atoms with E-state index in [1.165, 1.54) is 0 Å². The van der Waals surface area contributed by atoms with E-state index in [-0.39, 0.29) is 5.91 Å². The minimum absolute atomic E-state index is 0.0832. The van der Waals surface area contributed by atoms with Crippen molar-refractivity contribution in [3.63, 3.8) is 0 Å². The molecule has 0 aliphatic heterocycles. The molecular weight excluding hydrogens is 262 g/mol. The molecule has 2 aromatic heterocycles. The predicted octanol–water partition coefficient (Wildman–Crippen LogP) is 2.65. The van der Waals surface area contributed by atoms with Crippen LogP contribution in [0.2, 0.25) is 0 Å². The first-order valence-corrected chi connectivity index (χ1v) is 7.30. The maximum absolute atomic E-state index is 11.4. The molecule has 102 valence electrons. The van der Waals surface area contributed by atoms with E-state index >= 15 is 0 Å². The van der Waals surface area contributed by atoms with Crippen LogP contribution in [0.15, 0.2) is 22.0 Å². The van der Waals surface area contributed by atoms with Gasteiger partial charge >= 0.3 is 0 Å². The number of rotatable bonds is 7. The third kappa shape index (κ3) is 4.17. The highest BCUT2D eigenvalue weighted by atomic mass is 32.1. The number of carbonyl (C=O) groups is 1. The summed E-state index contributed by atoms with van der Waals surface area (Å²) in [5.41, 5.74) is 0. The Morgan fingerprint density at radius 2 is 2.42 bits per heavy atom. The number of hydrogen-bond donors (Lipinski definition) is 1. The molecule has 0 bridgehead atoms. The summed E-state index contributed by atoms with van der Waals surface area (Å²) in [5.74, 6) is 1.30. The van der Waals surface area contributed by atoms with Crippen LogP contribution in [-0.4, -0.2) is 22.6 Å². The molecule has 0 aliphatic carbocycles. The van der Waals surface area contributed by atoms with Crippen LogP contribution < -0.4 is 5.32 Å². The van der Waals surface area contributed by atoms with Gasteiger partial charge in [0.2, 0.25) is 17.6 Å². The minimum Gasteiger partial charge on any atom is -0.356 e. The zero-order chi connectivity index (χ0) is 13.5. The van der Waals surface area contributed by atoms with Gasteiger partial charge in [0.05, 0.1) is 4.88 Å². The second kappa shape index (κ2) is 7.04. The number of nitrogens with one attached hydrogen (secondary N) is 1. The van der Waals surface area contributed by atoms with Gasteiger partial charge in [0.25, 0.3) is 0 Å². The number of amides is 1. The molecule has 0 fully saturated rings. The van der Waals surface area contributed by atoms with Crippen LogP contribution in [-0.2, 0) is 11.2 Å². The van der Waals surface area contributed by atoms with E-state index in [0.717, 1.165) is 24.3 Å². The first kappa shape index (κ1) is 13.7. The molecule has 0 saturated heterocycles. The van der Waals surface area contributed by atoms with Crippen molar-refractivity contribution in [1.29, 1.82) is 0 Å². The summed E-state index contributed by atoms with van der Waals surface area (Å²) in [6.07, 6.45) is 2.82. The lowest BCUT2D eigenvalue weighted by atomic mass is 10.2. The fraction of sp³-hybridized carbons (Fsp3) is 0.462. The topological polar surface area (TPSA) is 68.0 Å². The maximum Gasteiger partial charge on any atom is 0.226 e. The highest BCUT2D eigenvalue weighted by molar-refractivity contribution is 7.13. The van der Waals surface area contributed by atoms with Gasteiger partial charge in [0.1, 0.15) is 0 Å². The second-order valence-electron chi connectivity index (χ2n) is 4.19. The third-order valence-electron chi connectivity index (χ3n) is 2.58. The van der Waals surface area contributed by atoms with Gasteiger partial charge in [-0.2, -0.15) is 4.98 Å². The Morgan fingerprint density at radius 3 is 3.16 bits per heavy atom. The van der Waals surface area contributed by atoms with Gasteiger partial charge in [0, 0.05) is 19.4 Å². The summed E-state index contributed by atoms with van der Waals surface area (Å²) >= 11 is 1.58. The van der Waals surface area contributed by atoms with Crippen LogP contribution in [0.1, 0.15) is 32.1 Å². The number of carbonyl (C=O) groups excluding carboxylic acids is 1. The molecule has 2 aromatic rings. The molecule has 6 heteroatoms. The first-order chi connectivity index (χ1) is 9.29. The van der Waals surface area contributed by atoms with Crippen molar-refractivity contribution >= 4 is 17.2 Å². The standard InChI is InChI=1S/C13H17N3O2S/c1-2-8-14-11(17)6-3-7-12-15-13(16-18-12)10-5-4-9-19-10/h4-5,9H,2-3,6-8H2,1H3,(H,14,17). The molecular formula is C13H17N3O2S. The van der Waals surface area contributed by atoms with Crippen molar-refractivity contribution in [1.82, 2.24) is 15.5 Å². The first-order valence-electron chi connectivity index (χ1n) is 6.42. The SMILES string of the molecule is CCCNC(=O)CCCc1nc(-c2cccs2)no1. The highest BCUT2D eigenvalue weighted by Gasteiger charge is 2.09. The number of aromatic nitrogens is 2. The molecule has 0 spiro atoms. The van der Waals surface area contributed by atoms with E-state index in [1.54, 1.807) is 11.3 Å². The Hall–Kier alpha value is -1.69. The van der Waals surface area contributed by atoms with Gasteiger partial charge in [-0.15, -0.1) is 11.3 Å². The third-order valence-corrected chi connectivity index (χ3v) is 3.44. The van der Waals surface area contributed by atoms with Crippen LogP contribution in [0.3, 0.4) is 0 Å². The molecule has 0 unspecified atom stereocenters. The normalized spacial score (nSPS) is 10.6. The van der Waals surface area contributed by atoms with E-state index in [2.05, 4.69) is 15.5 Å². The van der Waals surface area contributed by atoms with Crippen molar-refractivity contribution in [2.24, 2.45) is 0 Å². The summed E-state index contributed by atoms with van der Waals surface area (Å²) in [7, 11) is 0. The summed E-state index contributed by atoms with van der Waals surface area (Å²) in [6, 6.07) is 3.91. The van der Waals surface area contributed by atoms with Gasteiger partial charge in [-0.3, -0.25) is 4.79 Å². The number of nitrogens with zero attached hydrogens (tertiary/aromatic N) is 2. The molecule has 0 radical (unpaired) electrons. The lowest BCUT2D eigenvalue weighted by Crippen LogP contribution is -2.23. The van der Waals surface area contributed by atoms with Gasteiger partial charge in [0.15, 0.2) is 0 Å². The lowest BCUT2D eigenvalue weighted by molar-refractivity contribution is -0.121. The fourth-order valence-electron chi connectivity index (χ4n) is 1.62. The van der Waals surface area contributed by atoms with E-state index in [4.69, 9.17) is 4.52 Å². The van der Waals surface area contributed by atoms with Crippen molar-refractivity contribution in [2.75, 3.05) is 6.54 Å². The largest absolute Gasteiger partial charge is 0.356 e. The van der Waals surface area contributed by atoms with Gasteiger partial charge in [-0.05, 0) is 24.3 Å².